The van der Waals surface area contributed by atoms with Gasteiger partial charge in [-0.05, 0) is 46.5 Å². The average molecular weight is 530 g/mol. The number of amidine groups is 1. The second-order valence-corrected chi connectivity index (χ2v) is 15.4. The summed E-state index contributed by atoms with van der Waals surface area (Å²) in [6, 6.07) is 27.9. The van der Waals surface area contributed by atoms with Crippen LogP contribution in [0.2, 0.25) is 10.1 Å². The van der Waals surface area contributed by atoms with Gasteiger partial charge in [0.2, 0.25) is 0 Å². The van der Waals surface area contributed by atoms with Crippen LogP contribution in [-0.2, 0) is 9.16 Å². The van der Waals surface area contributed by atoms with E-state index in [1.54, 1.807) is 6.07 Å². The van der Waals surface area contributed by atoms with Crippen molar-refractivity contribution in [1.29, 1.82) is 5.26 Å². The van der Waals surface area contributed by atoms with Gasteiger partial charge in [0, 0.05) is 6.54 Å². The highest BCUT2D eigenvalue weighted by molar-refractivity contribution is 6.99. The zero-order valence-corrected chi connectivity index (χ0v) is 23.5. The van der Waals surface area contributed by atoms with E-state index >= 15 is 0 Å². The van der Waals surface area contributed by atoms with Gasteiger partial charge in [-0.1, -0.05) is 93.0 Å². The van der Waals surface area contributed by atoms with Gasteiger partial charge in [-0.2, -0.15) is 10.3 Å². The number of nitriles is 1. The van der Waals surface area contributed by atoms with Gasteiger partial charge in [0.15, 0.2) is 0 Å². The van der Waals surface area contributed by atoms with Crippen LogP contribution in [0.1, 0.15) is 38.3 Å². The molecule has 5 rings (SSSR count). The number of rotatable bonds is 5. The van der Waals surface area contributed by atoms with Crippen molar-refractivity contribution in [2.24, 2.45) is 4.99 Å². The van der Waals surface area contributed by atoms with E-state index in [9.17, 15) is 5.26 Å². The predicted octanol–water partition coefficient (Wildman–Crippen LogP) is 5.56. The Morgan fingerprint density at radius 1 is 1.03 bits per heavy atom. The van der Waals surface area contributed by atoms with E-state index in [-0.39, 0.29) is 17.2 Å². The Labute approximate surface area is 225 Å². The lowest BCUT2D eigenvalue weighted by molar-refractivity contribution is 0.146. The van der Waals surface area contributed by atoms with Gasteiger partial charge >= 0.3 is 0 Å². The molecular weight excluding hydrogens is 498 g/mol. The van der Waals surface area contributed by atoms with Crippen molar-refractivity contribution in [3.63, 3.8) is 0 Å². The molecular formula is C30H32ClN3O2Si. The number of hydrogen-bond acceptors (Lipinski definition) is 4. The molecule has 2 fully saturated rings. The molecule has 2 heterocycles. The fraction of sp³-hybridized carbons (Fsp3) is 0.333. The zero-order chi connectivity index (χ0) is 26.2. The summed E-state index contributed by atoms with van der Waals surface area (Å²) in [5, 5.41) is 12.2. The monoisotopic (exact) mass is 529 g/mol. The second kappa shape index (κ2) is 9.98. The lowest BCUT2D eigenvalue weighted by atomic mass is 10.1. The van der Waals surface area contributed by atoms with Gasteiger partial charge in [-0.25, -0.2) is 0 Å². The minimum absolute atomic E-state index is 0.0182. The van der Waals surface area contributed by atoms with E-state index < -0.39 is 8.32 Å². The molecule has 190 valence electrons. The van der Waals surface area contributed by atoms with Crippen molar-refractivity contribution < 1.29 is 9.16 Å². The van der Waals surface area contributed by atoms with Crippen LogP contribution in [-0.4, -0.2) is 44.5 Å². The summed E-state index contributed by atoms with van der Waals surface area (Å²) in [4.78, 5) is 7.05. The molecule has 0 spiro atoms. The van der Waals surface area contributed by atoms with Crippen molar-refractivity contribution in [3.8, 4) is 6.07 Å². The molecule has 7 heteroatoms. The quantitative estimate of drug-likeness (QED) is 0.406. The fourth-order valence-electron chi connectivity index (χ4n) is 5.64. The van der Waals surface area contributed by atoms with Crippen molar-refractivity contribution in [2.45, 2.75) is 51.3 Å². The van der Waals surface area contributed by atoms with Crippen LogP contribution in [0.15, 0.2) is 77.8 Å². The fourth-order valence-corrected chi connectivity index (χ4v) is 10.6. The Bertz CT molecular complexity index is 1310. The Morgan fingerprint density at radius 2 is 1.65 bits per heavy atom. The minimum Gasteiger partial charge on any atom is -0.463 e. The van der Waals surface area contributed by atoms with Crippen molar-refractivity contribution in [2.75, 3.05) is 13.2 Å². The Hall–Kier alpha value is -3.11. The molecule has 37 heavy (non-hydrogen) atoms. The number of aliphatic imine (C=N–C) groups is 1. The van der Waals surface area contributed by atoms with E-state index in [0.717, 1.165) is 24.2 Å². The first-order valence-corrected chi connectivity index (χ1v) is 15.0. The predicted molar refractivity (Wildman–Crippen MR) is 152 cm³/mol. The molecule has 2 aliphatic heterocycles. The molecule has 2 atom stereocenters. The second-order valence-electron chi connectivity index (χ2n) is 10.8. The van der Waals surface area contributed by atoms with Gasteiger partial charge in [-0.3, -0.25) is 0 Å². The third-order valence-electron chi connectivity index (χ3n) is 7.55. The van der Waals surface area contributed by atoms with E-state index in [2.05, 4.69) is 92.4 Å². The van der Waals surface area contributed by atoms with Gasteiger partial charge in [0.1, 0.15) is 12.7 Å². The van der Waals surface area contributed by atoms with Crippen LogP contribution in [0.3, 0.4) is 0 Å². The summed E-state index contributed by atoms with van der Waals surface area (Å²) in [5.74, 6) is 0. The molecule has 0 bridgehead atoms. The van der Waals surface area contributed by atoms with E-state index in [0.29, 0.717) is 23.2 Å². The first-order valence-electron chi connectivity index (χ1n) is 12.7. The summed E-state index contributed by atoms with van der Waals surface area (Å²) in [5.41, 5.74) is 1.95. The van der Waals surface area contributed by atoms with Crippen LogP contribution in [0.4, 0.5) is 5.69 Å². The standard InChI is InChI=1S/C30H32ClN3O2Si/c1-21-25(16-15-22(19-32)28(21)31)33-29-34-18-17-27(26(34)20-35-29)36-37(30(2,3)4,23-11-7-5-8-12-23)24-13-9-6-10-14-24/h5-16,26-27H,17-18,20H2,1-4H3/b33-29-/t26-,27-/m1/s1. The number of fused-ring (bicyclic) bond motifs is 1. The highest BCUT2D eigenvalue weighted by Crippen LogP contribution is 2.40. The molecule has 0 saturated carbocycles. The molecule has 0 unspecified atom stereocenters. The highest BCUT2D eigenvalue weighted by atomic mass is 35.5. The molecule has 2 saturated heterocycles. The summed E-state index contributed by atoms with van der Waals surface area (Å²) < 4.78 is 13.5. The smallest absolute Gasteiger partial charge is 0.293 e. The third kappa shape index (κ3) is 4.46. The number of ether oxygens (including phenoxy) is 1. The molecule has 5 nitrogen and oxygen atoms in total. The summed E-state index contributed by atoms with van der Waals surface area (Å²) in [6.45, 7) is 10.2. The Balaban J connectivity index is 1.49. The topological polar surface area (TPSA) is 57.9 Å². The average Bonchev–Trinajstić information content (AvgIpc) is 3.48. The number of nitrogens with zero attached hydrogens (tertiary/aromatic N) is 3. The molecule has 3 aromatic carbocycles. The largest absolute Gasteiger partial charge is 0.463 e. The maximum absolute atomic E-state index is 9.27. The zero-order valence-electron chi connectivity index (χ0n) is 21.7. The van der Waals surface area contributed by atoms with Crippen LogP contribution in [0.5, 0.6) is 0 Å². The Morgan fingerprint density at radius 3 is 2.22 bits per heavy atom. The first-order chi connectivity index (χ1) is 17.8. The molecule has 0 radical (unpaired) electrons. The molecule has 2 aliphatic rings. The van der Waals surface area contributed by atoms with Gasteiger partial charge in [0.25, 0.3) is 14.3 Å². The van der Waals surface area contributed by atoms with Crippen molar-refractivity contribution in [1.82, 2.24) is 4.90 Å². The molecule has 3 aromatic rings. The van der Waals surface area contributed by atoms with Crippen LogP contribution in [0.25, 0.3) is 0 Å². The van der Waals surface area contributed by atoms with Crippen LogP contribution < -0.4 is 10.4 Å². The van der Waals surface area contributed by atoms with Crippen molar-refractivity contribution >= 4 is 42.0 Å². The lowest BCUT2D eigenvalue weighted by Crippen LogP contribution is -2.68. The first kappa shape index (κ1) is 25.5. The SMILES string of the molecule is Cc1c(/N=C2\OC[C@@H]3[C@H](O[Si](c4ccccc4)(c4ccccc4)C(C)(C)C)CCN23)ccc(C#N)c1Cl. The number of benzene rings is 3. The summed E-state index contributed by atoms with van der Waals surface area (Å²) in [7, 11) is -2.67. The number of hydrogen-bond donors (Lipinski definition) is 0. The van der Waals surface area contributed by atoms with Gasteiger partial charge < -0.3 is 14.1 Å². The number of halogens is 1. The lowest BCUT2D eigenvalue weighted by Gasteiger charge is -2.45. The van der Waals surface area contributed by atoms with Gasteiger partial charge in [-0.15, -0.1) is 0 Å². The van der Waals surface area contributed by atoms with Gasteiger partial charge in [0.05, 0.1) is 28.4 Å². The minimum atomic E-state index is -2.67. The highest BCUT2D eigenvalue weighted by Gasteiger charge is 2.54. The van der Waals surface area contributed by atoms with E-state index in [4.69, 9.17) is 25.8 Å². The van der Waals surface area contributed by atoms with E-state index in [1.807, 2.05) is 13.0 Å². The molecule has 0 amide bonds. The van der Waals surface area contributed by atoms with Crippen molar-refractivity contribution in [3.05, 3.63) is 88.9 Å². The summed E-state index contributed by atoms with van der Waals surface area (Å²) >= 11 is 6.39. The molecule has 0 N–H and O–H groups in total. The summed E-state index contributed by atoms with van der Waals surface area (Å²) in [6.07, 6.45) is 0.926. The maximum atomic E-state index is 9.27. The van der Waals surface area contributed by atoms with E-state index in [1.165, 1.54) is 10.4 Å². The van der Waals surface area contributed by atoms with Crippen LogP contribution >= 0.6 is 11.6 Å². The molecule has 0 aromatic heterocycles. The third-order valence-corrected chi connectivity index (χ3v) is 13.1. The normalized spacial score (nSPS) is 20.5. The molecule has 0 aliphatic carbocycles. The van der Waals surface area contributed by atoms with Crippen LogP contribution in [0, 0.1) is 18.3 Å². The maximum Gasteiger partial charge on any atom is 0.293 e. The Kier molecular flexibility index (Phi) is 6.89.